The van der Waals surface area contributed by atoms with Crippen LogP contribution in [0.3, 0.4) is 0 Å². The molecule has 0 amide bonds. The van der Waals surface area contributed by atoms with Crippen molar-refractivity contribution < 1.29 is 22.4 Å². The van der Waals surface area contributed by atoms with E-state index in [9.17, 15) is 0 Å². The number of nitrogens with two attached hydrogens (primary N) is 1. The first-order valence-corrected chi connectivity index (χ1v) is 6.05. The Balaban J connectivity index is 0.000000336. The topological polar surface area (TPSA) is 122 Å². The second-order valence-electron chi connectivity index (χ2n) is 3.29. The van der Waals surface area contributed by atoms with Gasteiger partial charge in [0.15, 0.2) is 0 Å². The maximum atomic E-state index is 8.74. The molecule has 0 spiro atoms. The quantitative estimate of drug-likeness (QED) is 0.389. The average molecular weight is 242 g/mol. The maximum Gasteiger partial charge on any atom is 0.394 e. The molecule has 1 heterocycles. The van der Waals surface area contributed by atoms with Crippen LogP contribution < -0.4 is 11.2 Å². The Labute approximate surface area is 89.5 Å². The fraction of sp³-hybridized carbons (Fsp3) is 1.00. The van der Waals surface area contributed by atoms with Gasteiger partial charge in [0, 0.05) is 6.04 Å². The molecular weight excluding hydrogens is 224 g/mol. The van der Waals surface area contributed by atoms with Gasteiger partial charge >= 0.3 is 10.4 Å². The van der Waals surface area contributed by atoms with E-state index < -0.39 is 10.4 Å². The van der Waals surface area contributed by atoms with E-state index in [1.54, 1.807) is 0 Å². The molecule has 1 aliphatic heterocycles. The number of hydrogen-bond donors (Lipinski definition) is 4. The highest BCUT2D eigenvalue weighted by Crippen LogP contribution is 2.12. The van der Waals surface area contributed by atoms with Gasteiger partial charge in [-0.25, -0.2) is 5.90 Å². The summed E-state index contributed by atoms with van der Waals surface area (Å²) in [7, 11) is -4.67. The van der Waals surface area contributed by atoms with Gasteiger partial charge in [0.25, 0.3) is 0 Å². The van der Waals surface area contributed by atoms with Crippen LogP contribution in [0.5, 0.6) is 0 Å². The minimum absolute atomic E-state index is 0.284. The molecule has 0 aromatic rings. The van der Waals surface area contributed by atoms with Crippen molar-refractivity contribution in [2.45, 2.75) is 38.3 Å². The molecule has 1 aliphatic rings. The first-order valence-electron chi connectivity index (χ1n) is 4.65. The Bertz CT molecular complexity index is 238. The van der Waals surface area contributed by atoms with Crippen LogP contribution in [0.2, 0.25) is 0 Å². The minimum atomic E-state index is -4.67. The SMILES string of the molecule is CC[C@H]1C[C@@H](ON)CCN1.O=S(=O)(O)O. The van der Waals surface area contributed by atoms with Crippen molar-refractivity contribution in [1.29, 1.82) is 0 Å². The summed E-state index contributed by atoms with van der Waals surface area (Å²) in [5.41, 5.74) is 0. The third kappa shape index (κ3) is 10.0. The summed E-state index contributed by atoms with van der Waals surface area (Å²) in [6.07, 6.45) is 3.56. The van der Waals surface area contributed by atoms with Crippen LogP contribution in [0.1, 0.15) is 26.2 Å². The molecule has 0 aromatic heterocycles. The van der Waals surface area contributed by atoms with Crippen molar-refractivity contribution in [2.75, 3.05) is 6.54 Å². The highest BCUT2D eigenvalue weighted by molar-refractivity contribution is 7.79. The zero-order valence-electron chi connectivity index (χ0n) is 8.59. The molecule has 92 valence electrons. The molecule has 1 fully saturated rings. The third-order valence-corrected chi connectivity index (χ3v) is 2.13. The lowest BCUT2D eigenvalue weighted by Crippen LogP contribution is -2.41. The molecule has 0 radical (unpaired) electrons. The zero-order valence-corrected chi connectivity index (χ0v) is 9.40. The maximum absolute atomic E-state index is 8.74. The predicted octanol–water partition coefficient (Wildman–Crippen LogP) is -0.245. The molecule has 0 bridgehead atoms. The zero-order chi connectivity index (χ0) is 11.9. The summed E-state index contributed by atoms with van der Waals surface area (Å²) in [4.78, 5) is 4.78. The van der Waals surface area contributed by atoms with Gasteiger partial charge in [-0.3, -0.25) is 9.11 Å². The fourth-order valence-electron chi connectivity index (χ4n) is 1.40. The molecule has 7 nitrogen and oxygen atoms in total. The van der Waals surface area contributed by atoms with E-state index in [1.807, 2.05) is 0 Å². The first-order chi connectivity index (χ1) is 6.86. The Morgan fingerprint density at radius 2 is 2.07 bits per heavy atom. The standard InChI is InChI=1S/C7H16N2O.H2O4S/c1-2-6-5-7(10-8)3-4-9-6;1-5(2,3)4/h6-7,9H,2-5,8H2,1H3;(H2,1,2,3,4)/t6-,7-;/m0./s1. The van der Waals surface area contributed by atoms with E-state index in [0.717, 1.165) is 19.4 Å². The lowest BCUT2D eigenvalue weighted by atomic mass is 10.0. The van der Waals surface area contributed by atoms with Crippen LogP contribution in [0.25, 0.3) is 0 Å². The van der Waals surface area contributed by atoms with Crippen molar-refractivity contribution in [3.05, 3.63) is 0 Å². The fourth-order valence-corrected chi connectivity index (χ4v) is 1.40. The Hall–Kier alpha value is -0.250. The molecular formula is C7H18N2O5S. The molecule has 1 saturated heterocycles. The van der Waals surface area contributed by atoms with E-state index >= 15 is 0 Å². The van der Waals surface area contributed by atoms with Gasteiger partial charge in [-0.15, -0.1) is 0 Å². The van der Waals surface area contributed by atoms with Crippen LogP contribution >= 0.6 is 0 Å². The molecule has 0 aromatic carbocycles. The van der Waals surface area contributed by atoms with Gasteiger partial charge in [0.2, 0.25) is 0 Å². The van der Waals surface area contributed by atoms with E-state index in [-0.39, 0.29) is 6.10 Å². The molecule has 5 N–H and O–H groups in total. The van der Waals surface area contributed by atoms with Crippen molar-refractivity contribution in [3.63, 3.8) is 0 Å². The van der Waals surface area contributed by atoms with E-state index in [0.29, 0.717) is 6.04 Å². The van der Waals surface area contributed by atoms with E-state index in [1.165, 1.54) is 6.42 Å². The second kappa shape index (κ2) is 7.09. The molecule has 8 heteroatoms. The molecule has 0 saturated carbocycles. The summed E-state index contributed by atoms with van der Waals surface area (Å²) < 4.78 is 31.6. The minimum Gasteiger partial charge on any atom is -0.314 e. The number of piperidine rings is 1. The van der Waals surface area contributed by atoms with Crippen molar-refractivity contribution in [1.82, 2.24) is 5.32 Å². The van der Waals surface area contributed by atoms with Crippen molar-refractivity contribution >= 4 is 10.4 Å². The summed E-state index contributed by atoms with van der Waals surface area (Å²) in [5.74, 6) is 5.09. The summed E-state index contributed by atoms with van der Waals surface area (Å²) in [6.45, 7) is 3.22. The number of nitrogens with one attached hydrogen (secondary N) is 1. The number of hydrogen-bond acceptors (Lipinski definition) is 5. The van der Waals surface area contributed by atoms with Crippen LogP contribution in [0.15, 0.2) is 0 Å². The van der Waals surface area contributed by atoms with Crippen LogP contribution in [0.4, 0.5) is 0 Å². The second-order valence-corrected chi connectivity index (χ2v) is 4.19. The monoisotopic (exact) mass is 242 g/mol. The lowest BCUT2D eigenvalue weighted by molar-refractivity contribution is 0.0209. The molecule has 0 unspecified atom stereocenters. The van der Waals surface area contributed by atoms with Gasteiger partial charge < -0.3 is 10.2 Å². The predicted molar refractivity (Wildman–Crippen MR) is 54.6 cm³/mol. The molecule has 2 atom stereocenters. The smallest absolute Gasteiger partial charge is 0.314 e. The number of rotatable bonds is 2. The average Bonchev–Trinajstić information content (AvgIpc) is 2.15. The molecule has 0 aliphatic carbocycles. The van der Waals surface area contributed by atoms with Crippen LogP contribution in [-0.2, 0) is 15.2 Å². The first kappa shape index (κ1) is 14.8. The highest BCUT2D eigenvalue weighted by atomic mass is 32.3. The van der Waals surface area contributed by atoms with Crippen molar-refractivity contribution in [2.24, 2.45) is 5.90 Å². The highest BCUT2D eigenvalue weighted by Gasteiger charge is 2.19. The van der Waals surface area contributed by atoms with Gasteiger partial charge in [0.05, 0.1) is 6.10 Å². The normalized spacial score (nSPS) is 26.7. The Kier molecular flexibility index (Phi) is 6.98. The largest absolute Gasteiger partial charge is 0.394 e. The van der Waals surface area contributed by atoms with Gasteiger partial charge in [-0.2, -0.15) is 8.42 Å². The molecule has 1 rings (SSSR count). The lowest BCUT2D eigenvalue weighted by Gasteiger charge is -2.27. The van der Waals surface area contributed by atoms with Gasteiger partial charge in [-0.05, 0) is 25.8 Å². The summed E-state index contributed by atoms with van der Waals surface area (Å²) in [5, 5.41) is 3.40. The summed E-state index contributed by atoms with van der Waals surface area (Å²) >= 11 is 0. The Morgan fingerprint density at radius 3 is 2.47 bits per heavy atom. The van der Waals surface area contributed by atoms with Gasteiger partial charge in [-0.1, -0.05) is 6.92 Å². The third-order valence-electron chi connectivity index (χ3n) is 2.13. The van der Waals surface area contributed by atoms with E-state index in [4.69, 9.17) is 28.3 Å². The van der Waals surface area contributed by atoms with Crippen LogP contribution in [0, 0.1) is 0 Å². The Morgan fingerprint density at radius 1 is 1.53 bits per heavy atom. The van der Waals surface area contributed by atoms with E-state index in [2.05, 4.69) is 12.2 Å². The molecule has 15 heavy (non-hydrogen) atoms. The van der Waals surface area contributed by atoms with Gasteiger partial charge in [0.1, 0.15) is 0 Å². The summed E-state index contributed by atoms with van der Waals surface area (Å²) in [6, 6.07) is 0.613. The van der Waals surface area contributed by atoms with Crippen molar-refractivity contribution in [3.8, 4) is 0 Å². The van der Waals surface area contributed by atoms with Crippen LogP contribution in [-0.4, -0.2) is 36.2 Å².